The number of anilines is 1. The standard InChI is InChI=1S/C33H45N3O5S/c1-21(2)16-27(36-32(42)34-25-12-14-26(40-6)15-13-25)29(37)19-24(18-23-10-8-7-9-11-23)31(39)35-28(17-22(3)4)30(38)33(5)20-41-33/h7-15,21-22,24,27-28H,16-20H2,1-6H3,(H,35,39)(H2,34,36,42)/t24-,27+,28+,33-/m1/s1. The molecule has 4 atom stereocenters. The molecule has 1 fully saturated rings. The topological polar surface area (TPSA) is 109 Å². The zero-order chi connectivity index (χ0) is 30.9. The Bertz CT molecular complexity index is 1210. The Morgan fingerprint density at radius 1 is 0.929 bits per heavy atom. The van der Waals surface area contributed by atoms with Crippen LogP contribution in [-0.4, -0.2) is 54.0 Å². The van der Waals surface area contributed by atoms with Crippen LogP contribution in [0.15, 0.2) is 54.6 Å². The fourth-order valence-corrected chi connectivity index (χ4v) is 5.16. The summed E-state index contributed by atoms with van der Waals surface area (Å²) in [5, 5.41) is 9.63. The molecular formula is C33H45N3O5S. The molecular weight excluding hydrogens is 550 g/mol. The summed E-state index contributed by atoms with van der Waals surface area (Å²) < 4.78 is 10.6. The molecule has 0 aromatic heterocycles. The smallest absolute Gasteiger partial charge is 0.224 e. The minimum absolute atomic E-state index is 0.00657. The molecule has 0 aliphatic carbocycles. The number of ketones is 2. The van der Waals surface area contributed by atoms with E-state index in [1.807, 2.05) is 82.3 Å². The lowest BCUT2D eigenvalue weighted by Gasteiger charge is -2.26. The van der Waals surface area contributed by atoms with Crippen LogP contribution in [-0.2, 0) is 25.5 Å². The summed E-state index contributed by atoms with van der Waals surface area (Å²) >= 11 is 5.55. The van der Waals surface area contributed by atoms with Gasteiger partial charge in [-0.25, -0.2) is 0 Å². The van der Waals surface area contributed by atoms with Gasteiger partial charge in [0.25, 0.3) is 0 Å². The maximum atomic E-state index is 13.8. The van der Waals surface area contributed by atoms with Crippen molar-refractivity contribution in [2.24, 2.45) is 17.8 Å². The van der Waals surface area contributed by atoms with Crippen molar-refractivity contribution in [1.82, 2.24) is 10.6 Å². The van der Waals surface area contributed by atoms with Gasteiger partial charge in [-0.1, -0.05) is 58.0 Å². The Morgan fingerprint density at radius 2 is 1.52 bits per heavy atom. The minimum atomic E-state index is -0.851. The SMILES string of the molecule is COc1ccc(NC(=S)N[C@@H](CC(C)C)C(=O)C[C@@H](Cc2ccccc2)C(=O)N[C@@H](CC(C)C)C(=O)[C@@]2(C)CO2)cc1. The van der Waals surface area contributed by atoms with Crippen LogP contribution in [0.4, 0.5) is 5.69 Å². The zero-order valence-electron chi connectivity index (χ0n) is 25.6. The van der Waals surface area contributed by atoms with Crippen molar-refractivity contribution in [3.63, 3.8) is 0 Å². The predicted octanol–water partition coefficient (Wildman–Crippen LogP) is 5.10. The third-order valence-corrected chi connectivity index (χ3v) is 7.55. The lowest BCUT2D eigenvalue weighted by Crippen LogP contribution is -2.50. The molecule has 0 saturated carbocycles. The van der Waals surface area contributed by atoms with Gasteiger partial charge in [-0.15, -0.1) is 0 Å². The monoisotopic (exact) mass is 595 g/mol. The number of thiocarbonyl (C=S) groups is 1. The third kappa shape index (κ3) is 10.2. The van der Waals surface area contributed by atoms with Crippen molar-refractivity contribution < 1.29 is 23.9 Å². The van der Waals surface area contributed by atoms with Crippen LogP contribution >= 0.6 is 12.2 Å². The molecule has 9 heteroatoms. The maximum absolute atomic E-state index is 13.8. The lowest BCUT2D eigenvalue weighted by molar-refractivity contribution is -0.134. The molecule has 1 aliphatic rings. The van der Waals surface area contributed by atoms with Gasteiger partial charge in [-0.2, -0.15) is 0 Å². The molecule has 0 spiro atoms. The number of methoxy groups -OCH3 is 1. The van der Waals surface area contributed by atoms with Crippen LogP contribution in [0, 0.1) is 17.8 Å². The summed E-state index contributed by atoms with van der Waals surface area (Å²) in [4.78, 5) is 40.7. The number of Topliss-reactive ketones (excluding diaryl/α,β-unsaturated/α-hetero) is 2. The molecule has 1 aliphatic heterocycles. The Labute approximate surface area is 255 Å². The van der Waals surface area contributed by atoms with Crippen LogP contribution < -0.4 is 20.7 Å². The highest BCUT2D eigenvalue weighted by Gasteiger charge is 2.50. The molecule has 3 rings (SSSR count). The molecule has 42 heavy (non-hydrogen) atoms. The summed E-state index contributed by atoms with van der Waals surface area (Å²) in [6.07, 6.45) is 1.43. The van der Waals surface area contributed by atoms with E-state index in [4.69, 9.17) is 21.7 Å². The molecule has 0 unspecified atom stereocenters. The molecule has 1 amide bonds. The summed E-state index contributed by atoms with van der Waals surface area (Å²) in [6, 6.07) is 15.7. The Balaban J connectivity index is 1.76. The van der Waals surface area contributed by atoms with E-state index in [0.717, 1.165) is 17.0 Å². The van der Waals surface area contributed by atoms with Gasteiger partial charge >= 0.3 is 0 Å². The van der Waals surface area contributed by atoms with E-state index >= 15 is 0 Å². The van der Waals surface area contributed by atoms with E-state index in [-0.39, 0.29) is 35.7 Å². The van der Waals surface area contributed by atoms with Gasteiger partial charge in [0.2, 0.25) is 5.91 Å². The van der Waals surface area contributed by atoms with E-state index in [1.165, 1.54) is 0 Å². The van der Waals surface area contributed by atoms with Crippen LogP contribution in [0.3, 0.4) is 0 Å². The number of amides is 1. The van der Waals surface area contributed by atoms with Gasteiger partial charge in [0.15, 0.2) is 16.7 Å². The molecule has 1 heterocycles. The van der Waals surface area contributed by atoms with E-state index in [0.29, 0.717) is 31.0 Å². The fraction of sp³-hybridized carbons (Fsp3) is 0.515. The van der Waals surface area contributed by atoms with Gasteiger partial charge in [0.1, 0.15) is 11.4 Å². The van der Waals surface area contributed by atoms with Crippen molar-refractivity contribution in [2.75, 3.05) is 19.0 Å². The molecule has 2 aromatic carbocycles. The molecule has 0 bridgehead atoms. The largest absolute Gasteiger partial charge is 0.497 e. The highest BCUT2D eigenvalue weighted by molar-refractivity contribution is 7.80. The first-order valence-electron chi connectivity index (χ1n) is 14.7. The van der Waals surface area contributed by atoms with Gasteiger partial charge in [0, 0.05) is 18.0 Å². The average molecular weight is 596 g/mol. The van der Waals surface area contributed by atoms with Gasteiger partial charge in [0.05, 0.1) is 25.8 Å². The number of ether oxygens (including phenoxy) is 2. The van der Waals surface area contributed by atoms with Gasteiger partial charge in [-0.05, 0) is 80.1 Å². The maximum Gasteiger partial charge on any atom is 0.224 e. The summed E-state index contributed by atoms with van der Waals surface area (Å²) in [5.41, 5.74) is 0.857. The van der Waals surface area contributed by atoms with E-state index in [1.54, 1.807) is 14.0 Å². The van der Waals surface area contributed by atoms with E-state index in [9.17, 15) is 14.4 Å². The lowest BCUT2D eigenvalue weighted by atomic mass is 9.88. The molecule has 0 radical (unpaired) electrons. The van der Waals surface area contributed by atoms with Gasteiger partial charge < -0.3 is 25.4 Å². The second kappa shape index (κ2) is 15.3. The van der Waals surface area contributed by atoms with Crippen LogP contribution in [0.25, 0.3) is 0 Å². The first kappa shape index (κ1) is 33.2. The van der Waals surface area contributed by atoms with E-state index in [2.05, 4.69) is 16.0 Å². The van der Waals surface area contributed by atoms with Crippen LogP contribution in [0.1, 0.15) is 59.4 Å². The molecule has 8 nitrogen and oxygen atoms in total. The Hall–Kier alpha value is -3.30. The average Bonchev–Trinajstić information content (AvgIpc) is 3.70. The van der Waals surface area contributed by atoms with Crippen molar-refractivity contribution in [1.29, 1.82) is 0 Å². The number of hydrogen-bond donors (Lipinski definition) is 3. The number of carbonyl (C=O) groups excluding carboxylic acids is 3. The number of carbonyl (C=O) groups is 3. The van der Waals surface area contributed by atoms with Crippen LogP contribution in [0.2, 0.25) is 0 Å². The first-order chi connectivity index (χ1) is 19.9. The fourth-order valence-electron chi connectivity index (χ4n) is 4.89. The Kier molecular flexibility index (Phi) is 12.1. The third-order valence-electron chi connectivity index (χ3n) is 7.33. The molecule has 228 valence electrons. The summed E-state index contributed by atoms with van der Waals surface area (Å²) in [7, 11) is 1.60. The first-order valence-corrected chi connectivity index (χ1v) is 15.1. The number of nitrogens with one attached hydrogen (secondary N) is 3. The van der Waals surface area contributed by atoms with Crippen molar-refractivity contribution >= 4 is 40.5 Å². The zero-order valence-corrected chi connectivity index (χ0v) is 26.4. The van der Waals surface area contributed by atoms with Crippen molar-refractivity contribution in [3.8, 4) is 5.75 Å². The number of rotatable bonds is 16. The summed E-state index contributed by atoms with van der Waals surface area (Å²) in [6.45, 7) is 10.2. The minimum Gasteiger partial charge on any atom is -0.497 e. The predicted molar refractivity (Wildman–Crippen MR) is 170 cm³/mol. The van der Waals surface area contributed by atoms with E-state index < -0.39 is 23.6 Å². The molecule has 3 N–H and O–H groups in total. The Morgan fingerprint density at radius 3 is 2.07 bits per heavy atom. The van der Waals surface area contributed by atoms with Crippen molar-refractivity contribution in [2.45, 2.75) is 78.0 Å². The van der Waals surface area contributed by atoms with Crippen LogP contribution in [0.5, 0.6) is 5.75 Å². The van der Waals surface area contributed by atoms with Gasteiger partial charge in [-0.3, -0.25) is 14.4 Å². The molecule has 1 saturated heterocycles. The quantitative estimate of drug-likeness (QED) is 0.182. The second-order valence-corrected chi connectivity index (χ2v) is 12.5. The number of epoxide rings is 1. The second-order valence-electron chi connectivity index (χ2n) is 12.1. The number of benzene rings is 2. The molecule has 2 aromatic rings. The highest BCUT2D eigenvalue weighted by atomic mass is 32.1. The van der Waals surface area contributed by atoms with Crippen molar-refractivity contribution in [3.05, 3.63) is 60.2 Å². The normalized spacial score (nSPS) is 18.1. The number of hydrogen-bond acceptors (Lipinski definition) is 6. The summed E-state index contributed by atoms with van der Waals surface area (Å²) in [5.74, 6) is -0.0659. The highest BCUT2D eigenvalue weighted by Crippen LogP contribution is 2.30.